The van der Waals surface area contributed by atoms with Crippen molar-refractivity contribution in [3.05, 3.63) is 0 Å². The number of ether oxygens (including phenoxy) is 1. The van der Waals surface area contributed by atoms with Crippen LogP contribution in [0.1, 0.15) is 20.3 Å². The Hall–Kier alpha value is -0.710. The first kappa shape index (κ1) is 11.4. The molecule has 4 nitrogen and oxygen atoms in total. The van der Waals surface area contributed by atoms with Crippen molar-refractivity contribution in [1.82, 2.24) is 4.90 Å². The highest BCUT2D eigenvalue weighted by molar-refractivity contribution is 8.01. The molecule has 0 aromatic carbocycles. The van der Waals surface area contributed by atoms with Gasteiger partial charge in [0.05, 0.1) is 23.7 Å². The number of nitrogens with zero attached hydrogens (tertiary/aromatic N) is 1. The maximum absolute atomic E-state index is 11.6. The van der Waals surface area contributed by atoms with Gasteiger partial charge in [-0.3, -0.25) is 9.59 Å². The van der Waals surface area contributed by atoms with Crippen LogP contribution in [0.4, 0.5) is 0 Å². The van der Waals surface area contributed by atoms with E-state index >= 15 is 0 Å². The molecule has 0 radical (unpaired) electrons. The molecule has 80 valence electrons. The summed E-state index contributed by atoms with van der Waals surface area (Å²) in [4.78, 5) is 24.4. The maximum Gasteiger partial charge on any atom is 0.307 e. The van der Waals surface area contributed by atoms with Gasteiger partial charge >= 0.3 is 5.97 Å². The number of hydrogen-bond acceptors (Lipinski definition) is 4. The Morgan fingerprint density at radius 3 is 2.71 bits per heavy atom. The number of hydrogen-bond donors (Lipinski definition) is 0. The van der Waals surface area contributed by atoms with Gasteiger partial charge in [0.25, 0.3) is 0 Å². The van der Waals surface area contributed by atoms with E-state index in [1.54, 1.807) is 18.9 Å². The van der Waals surface area contributed by atoms with Crippen molar-refractivity contribution in [3.8, 4) is 0 Å². The first-order valence-electron chi connectivity index (χ1n) is 4.64. The lowest BCUT2D eigenvalue weighted by molar-refractivity contribution is -0.144. The zero-order chi connectivity index (χ0) is 10.7. The van der Waals surface area contributed by atoms with Crippen LogP contribution in [-0.4, -0.2) is 41.1 Å². The molecule has 1 aliphatic heterocycles. The predicted molar refractivity (Wildman–Crippen MR) is 54.9 cm³/mol. The molecule has 1 saturated heterocycles. The third kappa shape index (κ3) is 2.41. The van der Waals surface area contributed by atoms with Crippen molar-refractivity contribution < 1.29 is 14.3 Å². The molecule has 1 aliphatic rings. The van der Waals surface area contributed by atoms with Gasteiger partial charge in [0.1, 0.15) is 0 Å². The van der Waals surface area contributed by atoms with Gasteiger partial charge in [0.15, 0.2) is 0 Å². The van der Waals surface area contributed by atoms with Gasteiger partial charge in [-0.05, 0) is 13.8 Å². The number of thioether (sulfide) groups is 1. The Morgan fingerprint density at radius 1 is 1.64 bits per heavy atom. The second-order valence-electron chi connectivity index (χ2n) is 3.18. The van der Waals surface area contributed by atoms with Gasteiger partial charge in [-0.2, -0.15) is 0 Å². The summed E-state index contributed by atoms with van der Waals surface area (Å²) in [7, 11) is 1.76. The zero-order valence-electron chi connectivity index (χ0n) is 8.65. The molecule has 1 fully saturated rings. The number of rotatable bonds is 3. The molecule has 2 atom stereocenters. The maximum atomic E-state index is 11.6. The summed E-state index contributed by atoms with van der Waals surface area (Å²) in [5, 5.41) is -0.101. The fraction of sp³-hybridized carbons (Fsp3) is 0.778. The van der Waals surface area contributed by atoms with Crippen LogP contribution in [0.25, 0.3) is 0 Å². The average Bonchev–Trinajstić information content (AvgIpc) is 2.34. The van der Waals surface area contributed by atoms with E-state index in [0.717, 1.165) is 0 Å². The van der Waals surface area contributed by atoms with Gasteiger partial charge < -0.3 is 9.64 Å². The summed E-state index contributed by atoms with van der Waals surface area (Å²) in [6.07, 6.45) is 0.187. The van der Waals surface area contributed by atoms with Gasteiger partial charge in [0, 0.05) is 7.05 Å². The minimum absolute atomic E-state index is 0.0237. The molecule has 0 bridgehead atoms. The quantitative estimate of drug-likeness (QED) is 0.658. The van der Waals surface area contributed by atoms with Crippen LogP contribution < -0.4 is 0 Å². The lowest BCUT2D eigenvalue weighted by atomic mass is 10.3. The van der Waals surface area contributed by atoms with Crippen LogP contribution in [0, 0.1) is 0 Å². The molecule has 0 aromatic rings. The summed E-state index contributed by atoms with van der Waals surface area (Å²) >= 11 is 1.51. The van der Waals surface area contributed by atoms with Crippen molar-refractivity contribution in [2.24, 2.45) is 0 Å². The van der Waals surface area contributed by atoms with Crippen LogP contribution in [0.5, 0.6) is 0 Å². The molecule has 0 spiro atoms. The number of amides is 1. The Labute approximate surface area is 88.0 Å². The van der Waals surface area contributed by atoms with E-state index in [-0.39, 0.29) is 28.9 Å². The molecule has 5 heteroatoms. The minimum atomic E-state index is -0.291. The number of esters is 1. The normalized spacial score (nSPS) is 26.8. The average molecular weight is 217 g/mol. The van der Waals surface area contributed by atoms with Crippen LogP contribution in [0.3, 0.4) is 0 Å². The van der Waals surface area contributed by atoms with Crippen molar-refractivity contribution in [2.75, 3.05) is 13.7 Å². The SMILES string of the molecule is CCOC(=O)CC1SC(C)N(C)C1=O. The van der Waals surface area contributed by atoms with Crippen LogP contribution in [0.2, 0.25) is 0 Å². The van der Waals surface area contributed by atoms with Crippen molar-refractivity contribution in [3.63, 3.8) is 0 Å². The van der Waals surface area contributed by atoms with E-state index in [1.807, 2.05) is 6.92 Å². The van der Waals surface area contributed by atoms with E-state index < -0.39 is 0 Å². The Bertz CT molecular complexity index is 244. The summed E-state index contributed by atoms with van der Waals surface area (Å²) in [5.41, 5.74) is 0. The summed E-state index contributed by atoms with van der Waals surface area (Å²) in [5.74, 6) is -0.267. The van der Waals surface area contributed by atoms with E-state index in [1.165, 1.54) is 11.8 Å². The lowest BCUT2D eigenvalue weighted by Crippen LogP contribution is -2.30. The molecule has 1 amide bonds. The third-order valence-electron chi connectivity index (χ3n) is 2.19. The Morgan fingerprint density at radius 2 is 2.29 bits per heavy atom. The highest BCUT2D eigenvalue weighted by Gasteiger charge is 2.36. The fourth-order valence-electron chi connectivity index (χ4n) is 1.30. The lowest BCUT2D eigenvalue weighted by Gasteiger charge is -2.12. The molecular weight excluding hydrogens is 202 g/mol. The van der Waals surface area contributed by atoms with E-state index in [4.69, 9.17) is 4.74 Å². The van der Waals surface area contributed by atoms with Crippen LogP contribution >= 0.6 is 11.8 Å². The Kier molecular flexibility index (Phi) is 3.80. The van der Waals surface area contributed by atoms with Crippen LogP contribution in [-0.2, 0) is 14.3 Å². The van der Waals surface area contributed by atoms with Crippen LogP contribution in [0.15, 0.2) is 0 Å². The summed E-state index contributed by atoms with van der Waals surface area (Å²) in [6, 6.07) is 0. The standard InChI is InChI=1S/C9H15NO3S/c1-4-13-8(11)5-7-9(12)10(3)6(2)14-7/h6-7H,4-5H2,1-3H3. The monoisotopic (exact) mass is 217 g/mol. The topological polar surface area (TPSA) is 46.6 Å². The molecular formula is C9H15NO3S. The molecule has 0 aliphatic carbocycles. The zero-order valence-corrected chi connectivity index (χ0v) is 9.47. The molecule has 0 N–H and O–H groups in total. The largest absolute Gasteiger partial charge is 0.466 e. The molecule has 1 rings (SSSR count). The Balaban J connectivity index is 2.47. The van der Waals surface area contributed by atoms with Gasteiger partial charge in [0.2, 0.25) is 5.91 Å². The summed E-state index contributed by atoms with van der Waals surface area (Å²) in [6.45, 7) is 4.08. The first-order chi connectivity index (χ1) is 6.56. The van der Waals surface area contributed by atoms with E-state index in [2.05, 4.69) is 0 Å². The summed E-state index contributed by atoms with van der Waals surface area (Å²) < 4.78 is 4.80. The number of carbonyl (C=O) groups is 2. The molecule has 1 heterocycles. The second-order valence-corrected chi connectivity index (χ2v) is 4.71. The highest BCUT2D eigenvalue weighted by atomic mass is 32.2. The third-order valence-corrected chi connectivity index (χ3v) is 3.59. The predicted octanol–water partition coefficient (Wildman–Crippen LogP) is 0.859. The smallest absolute Gasteiger partial charge is 0.307 e. The van der Waals surface area contributed by atoms with Crippen molar-refractivity contribution >= 4 is 23.6 Å². The minimum Gasteiger partial charge on any atom is -0.466 e. The van der Waals surface area contributed by atoms with Gasteiger partial charge in [-0.25, -0.2) is 0 Å². The number of carbonyl (C=O) groups excluding carboxylic acids is 2. The van der Waals surface area contributed by atoms with Crippen molar-refractivity contribution in [1.29, 1.82) is 0 Å². The molecule has 0 aromatic heterocycles. The van der Waals surface area contributed by atoms with Gasteiger partial charge in [-0.1, -0.05) is 0 Å². The molecule has 0 saturated carbocycles. The van der Waals surface area contributed by atoms with Crippen molar-refractivity contribution in [2.45, 2.75) is 30.9 Å². The van der Waals surface area contributed by atoms with Gasteiger partial charge in [-0.15, -0.1) is 11.8 Å². The molecule has 2 unspecified atom stereocenters. The van der Waals surface area contributed by atoms with E-state index in [9.17, 15) is 9.59 Å². The highest BCUT2D eigenvalue weighted by Crippen LogP contribution is 2.31. The fourth-order valence-corrected chi connectivity index (χ4v) is 2.58. The first-order valence-corrected chi connectivity index (χ1v) is 5.58. The molecule has 14 heavy (non-hydrogen) atoms. The second kappa shape index (κ2) is 4.68. The van der Waals surface area contributed by atoms with E-state index in [0.29, 0.717) is 6.61 Å².